The number of carbonyl (C=O) groups excluding carboxylic acids is 1. The van der Waals surface area contributed by atoms with E-state index in [1.54, 1.807) is 24.3 Å². The first-order valence-corrected chi connectivity index (χ1v) is 8.21. The number of nitrogens with one attached hydrogen (secondary N) is 1. The molecule has 128 valence electrons. The van der Waals surface area contributed by atoms with Crippen molar-refractivity contribution in [3.8, 4) is 0 Å². The summed E-state index contributed by atoms with van der Waals surface area (Å²) in [6.45, 7) is 2.50. The third-order valence-electron chi connectivity index (χ3n) is 3.81. The summed E-state index contributed by atoms with van der Waals surface area (Å²) in [5.74, 6) is -0.336. The number of hydrogen-bond donors (Lipinski definition) is 2. The molecule has 0 saturated heterocycles. The monoisotopic (exact) mass is 347 g/mol. The van der Waals surface area contributed by atoms with E-state index in [2.05, 4.69) is 17.0 Å². The van der Waals surface area contributed by atoms with Gasteiger partial charge in [-0.2, -0.15) is 0 Å². The quantitative estimate of drug-likeness (QED) is 0.754. The predicted octanol–water partition coefficient (Wildman–Crippen LogP) is 3.38. The summed E-state index contributed by atoms with van der Waals surface area (Å²) in [7, 11) is 1.37. The fourth-order valence-corrected chi connectivity index (χ4v) is 2.66. The number of carbonyl (C=O) groups is 1. The number of aliphatic hydroxyl groups excluding tert-OH is 1. The van der Waals surface area contributed by atoms with E-state index in [0.29, 0.717) is 17.1 Å². The molecule has 2 rings (SSSR count). The number of rotatable bonds is 7. The summed E-state index contributed by atoms with van der Waals surface area (Å²) < 4.78 is 4.68. The smallest absolute Gasteiger partial charge is 0.337 e. The van der Waals surface area contributed by atoms with Crippen LogP contribution in [0.15, 0.2) is 48.5 Å². The lowest BCUT2D eigenvalue weighted by atomic mass is 10.0. The van der Waals surface area contributed by atoms with E-state index >= 15 is 0 Å². The molecule has 0 aliphatic heterocycles. The van der Waals surface area contributed by atoms with Gasteiger partial charge in [0.2, 0.25) is 0 Å². The average molecular weight is 348 g/mol. The van der Waals surface area contributed by atoms with Gasteiger partial charge in [0.15, 0.2) is 0 Å². The molecule has 0 radical (unpaired) electrons. The third-order valence-corrected chi connectivity index (χ3v) is 4.05. The maximum absolute atomic E-state index is 11.4. The van der Waals surface area contributed by atoms with Crippen LogP contribution in [0.4, 0.5) is 0 Å². The Morgan fingerprint density at radius 2 is 1.96 bits per heavy atom. The van der Waals surface area contributed by atoms with Crippen LogP contribution in [0.25, 0.3) is 0 Å². The van der Waals surface area contributed by atoms with E-state index in [-0.39, 0.29) is 12.0 Å². The molecule has 0 saturated carbocycles. The van der Waals surface area contributed by atoms with Crippen molar-refractivity contribution >= 4 is 17.6 Å². The van der Waals surface area contributed by atoms with Gasteiger partial charge >= 0.3 is 5.97 Å². The summed E-state index contributed by atoms with van der Waals surface area (Å²) in [5, 5.41) is 14.1. The molecule has 2 aromatic rings. The molecular formula is C19H22ClNO3. The zero-order valence-electron chi connectivity index (χ0n) is 13.8. The first kappa shape index (κ1) is 18.5. The molecule has 2 N–H and O–H groups in total. The second kappa shape index (κ2) is 8.83. The summed E-state index contributed by atoms with van der Waals surface area (Å²) in [4.78, 5) is 11.4. The van der Waals surface area contributed by atoms with E-state index < -0.39 is 6.10 Å². The van der Waals surface area contributed by atoms with Crippen LogP contribution in [0, 0.1) is 0 Å². The Labute approximate surface area is 147 Å². The predicted molar refractivity (Wildman–Crippen MR) is 95.4 cm³/mol. The lowest BCUT2D eigenvalue weighted by Gasteiger charge is -2.18. The van der Waals surface area contributed by atoms with Gasteiger partial charge in [-0.05, 0) is 48.7 Å². The first-order chi connectivity index (χ1) is 11.5. The third kappa shape index (κ3) is 5.34. The van der Waals surface area contributed by atoms with E-state index in [1.165, 1.54) is 7.11 Å². The highest BCUT2D eigenvalue weighted by molar-refractivity contribution is 6.30. The SMILES string of the molecule is COC(=O)c1ccc(CC(C)NC[C@H](O)c2cccc(Cl)c2)cc1. The van der Waals surface area contributed by atoms with Crippen LogP contribution in [0.1, 0.15) is 34.5 Å². The largest absolute Gasteiger partial charge is 0.465 e. The fraction of sp³-hybridized carbons (Fsp3) is 0.316. The number of ether oxygens (including phenoxy) is 1. The number of aliphatic hydroxyl groups is 1. The van der Waals surface area contributed by atoms with Crippen LogP contribution in [0.5, 0.6) is 0 Å². The second-order valence-electron chi connectivity index (χ2n) is 5.77. The minimum absolute atomic E-state index is 0.183. The molecule has 24 heavy (non-hydrogen) atoms. The van der Waals surface area contributed by atoms with Crippen molar-refractivity contribution in [2.45, 2.75) is 25.5 Å². The van der Waals surface area contributed by atoms with Crippen molar-refractivity contribution in [2.24, 2.45) is 0 Å². The Balaban J connectivity index is 1.84. The molecule has 1 unspecified atom stereocenters. The number of halogens is 1. The molecule has 0 spiro atoms. The number of hydrogen-bond acceptors (Lipinski definition) is 4. The molecule has 0 aliphatic rings. The van der Waals surface area contributed by atoms with Gasteiger partial charge in [-0.1, -0.05) is 35.9 Å². The van der Waals surface area contributed by atoms with Crippen molar-refractivity contribution in [3.05, 3.63) is 70.2 Å². The van der Waals surface area contributed by atoms with Gasteiger partial charge in [0.1, 0.15) is 0 Å². The zero-order valence-corrected chi connectivity index (χ0v) is 14.6. The normalized spacial score (nSPS) is 13.3. The highest BCUT2D eigenvalue weighted by atomic mass is 35.5. The van der Waals surface area contributed by atoms with Gasteiger partial charge in [0.25, 0.3) is 0 Å². The Hall–Kier alpha value is -1.88. The van der Waals surface area contributed by atoms with Crippen molar-refractivity contribution in [1.29, 1.82) is 0 Å². The molecule has 0 aliphatic carbocycles. The van der Waals surface area contributed by atoms with E-state index in [0.717, 1.165) is 17.5 Å². The minimum Gasteiger partial charge on any atom is -0.465 e. The van der Waals surface area contributed by atoms with Gasteiger partial charge in [-0.3, -0.25) is 0 Å². The Morgan fingerprint density at radius 3 is 2.58 bits per heavy atom. The topological polar surface area (TPSA) is 58.6 Å². The fourth-order valence-electron chi connectivity index (χ4n) is 2.47. The average Bonchev–Trinajstić information content (AvgIpc) is 2.59. The van der Waals surface area contributed by atoms with Gasteiger partial charge in [-0.25, -0.2) is 4.79 Å². The second-order valence-corrected chi connectivity index (χ2v) is 6.21. The lowest BCUT2D eigenvalue weighted by molar-refractivity contribution is 0.0600. The van der Waals surface area contributed by atoms with E-state index in [1.807, 2.05) is 24.3 Å². The Bertz CT molecular complexity index is 673. The van der Waals surface area contributed by atoms with Crippen molar-refractivity contribution in [3.63, 3.8) is 0 Å². The summed E-state index contributed by atoms with van der Waals surface area (Å²) in [6.07, 6.45) is 0.192. The van der Waals surface area contributed by atoms with E-state index in [9.17, 15) is 9.90 Å². The van der Waals surface area contributed by atoms with Crippen LogP contribution >= 0.6 is 11.6 Å². The van der Waals surface area contributed by atoms with Crippen molar-refractivity contribution < 1.29 is 14.6 Å². The Kier molecular flexibility index (Phi) is 6.79. The van der Waals surface area contributed by atoms with Crippen LogP contribution in [-0.4, -0.2) is 30.8 Å². The maximum atomic E-state index is 11.4. The number of benzene rings is 2. The zero-order chi connectivity index (χ0) is 17.5. The molecule has 4 nitrogen and oxygen atoms in total. The molecule has 0 fully saturated rings. The summed E-state index contributed by atoms with van der Waals surface area (Å²) >= 11 is 5.94. The standard InChI is InChI=1S/C19H22ClNO3/c1-13(10-14-6-8-15(9-7-14)19(23)24-2)21-12-18(22)16-4-3-5-17(20)11-16/h3-9,11,13,18,21-22H,10,12H2,1-2H3/t13?,18-/m0/s1. The molecule has 0 aromatic heterocycles. The Morgan fingerprint density at radius 1 is 1.25 bits per heavy atom. The minimum atomic E-state index is -0.604. The summed E-state index contributed by atoms with van der Waals surface area (Å²) in [5.41, 5.74) is 2.45. The van der Waals surface area contributed by atoms with Crippen LogP contribution in [-0.2, 0) is 11.2 Å². The molecule has 0 bridgehead atoms. The van der Waals surface area contributed by atoms with Gasteiger partial charge < -0.3 is 15.2 Å². The number of methoxy groups -OCH3 is 1. The van der Waals surface area contributed by atoms with E-state index in [4.69, 9.17) is 11.6 Å². The van der Waals surface area contributed by atoms with Crippen molar-refractivity contribution in [2.75, 3.05) is 13.7 Å². The van der Waals surface area contributed by atoms with Crippen molar-refractivity contribution in [1.82, 2.24) is 5.32 Å². The summed E-state index contributed by atoms with van der Waals surface area (Å²) in [6, 6.07) is 14.8. The first-order valence-electron chi connectivity index (χ1n) is 7.83. The number of esters is 1. The van der Waals surface area contributed by atoms with Gasteiger partial charge in [0.05, 0.1) is 18.8 Å². The maximum Gasteiger partial charge on any atom is 0.337 e. The molecular weight excluding hydrogens is 326 g/mol. The van der Waals surface area contributed by atoms with Crippen LogP contribution < -0.4 is 5.32 Å². The molecule has 0 heterocycles. The van der Waals surface area contributed by atoms with Gasteiger partial charge in [-0.15, -0.1) is 0 Å². The molecule has 2 atom stereocenters. The van der Waals surface area contributed by atoms with Crippen LogP contribution in [0.2, 0.25) is 5.02 Å². The molecule has 0 amide bonds. The molecule has 5 heteroatoms. The highest BCUT2D eigenvalue weighted by Gasteiger charge is 2.11. The van der Waals surface area contributed by atoms with Crippen LogP contribution in [0.3, 0.4) is 0 Å². The van der Waals surface area contributed by atoms with Gasteiger partial charge in [0, 0.05) is 17.6 Å². The lowest BCUT2D eigenvalue weighted by Crippen LogP contribution is -2.32. The molecule has 2 aromatic carbocycles. The highest BCUT2D eigenvalue weighted by Crippen LogP contribution is 2.17.